The molecule has 0 unspecified atom stereocenters. The van der Waals surface area contributed by atoms with Crippen molar-refractivity contribution < 1.29 is 19.1 Å². The zero-order valence-corrected chi connectivity index (χ0v) is 17.4. The molecule has 0 aliphatic heterocycles. The third-order valence-corrected chi connectivity index (χ3v) is 4.44. The number of pyridine rings is 1. The van der Waals surface area contributed by atoms with E-state index in [0.717, 1.165) is 11.4 Å². The highest BCUT2D eigenvalue weighted by atomic mass is 35.5. The first-order chi connectivity index (χ1) is 14.2. The van der Waals surface area contributed by atoms with Crippen molar-refractivity contribution in [3.05, 3.63) is 70.1 Å². The molecule has 2 heterocycles. The summed E-state index contributed by atoms with van der Waals surface area (Å²) in [6.45, 7) is 4.60. The van der Waals surface area contributed by atoms with E-state index in [2.05, 4.69) is 15.4 Å². The summed E-state index contributed by atoms with van der Waals surface area (Å²) in [5, 5.41) is 6.99. The molecule has 9 heteroatoms. The number of nitrogens with zero attached hydrogens (tertiary/aromatic N) is 3. The van der Waals surface area contributed by atoms with Crippen LogP contribution in [0.2, 0.25) is 5.02 Å². The number of aryl methyl sites for hydroxylation is 2. The number of anilines is 1. The molecule has 3 rings (SSSR count). The van der Waals surface area contributed by atoms with Crippen molar-refractivity contribution in [2.45, 2.75) is 20.8 Å². The number of esters is 1. The number of halogens is 1. The number of ketones is 1. The van der Waals surface area contributed by atoms with E-state index >= 15 is 0 Å². The third kappa shape index (κ3) is 4.90. The molecule has 0 radical (unpaired) electrons. The van der Waals surface area contributed by atoms with Gasteiger partial charge in [0.15, 0.2) is 23.9 Å². The van der Waals surface area contributed by atoms with E-state index in [1.54, 1.807) is 35.0 Å². The second-order valence-electron chi connectivity index (χ2n) is 6.60. The van der Waals surface area contributed by atoms with Crippen molar-refractivity contribution in [2.24, 2.45) is 0 Å². The number of Topliss-reactive ketones (excluding diaryl/α,β-unsaturated/α-hetero) is 1. The van der Waals surface area contributed by atoms with Crippen molar-refractivity contribution in [3.8, 4) is 5.82 Å². The van der Waals surface area contributed by atoms with E-state index in [9.17, 15) is 14.4 Å². The number of amides is 1. The van der Waals surface area contributed by atoms with Gasteiger partial charge in [0.25, 0.3) is 5.91 Å². The molecule has 0 aliphatic rings. The van der Waals surface area contributed by atoms with Gasteiger partial charge in [0.05, 0.1) is 10.7 Å². The first kappa shape index (κ1) is 21.2. The maximum Gasteiger partial charge on any atom is 0.359 e. The third-order valence-electron chi connectivity index (χ3n) is 4.14. The number of carbonyl (C=O) groups excluding carboxylic acids is 3. The van der Waals surface area contributed by atoms with Gasteiger partial charge in [-0.2, -0.15) is 5.10 Å². The lowest BCUT2D eigenvalue weighted by Crippen LogP contribution is -2.22. The first-order valence-electron chi connectivity index (χ1n) is 9.03. The van der Waals surface area contributed by atoms with Gasteiger partial charge in [-0.05, 0) is 51.1 Å². The average Bonchev–Trinajstić information content (AvgIpc) is 3.04. The zero-order valence-electron chi connectivity index (χ0n) is 16.6. The monoisotopic (exact) mass is 426 g/mol. The maximum atomic E-state index is 12.4. The Balaban J connectivity index is 1.68. The van der Waals surface area contributed by atoms with Gasteiger partial charge < -0.3 is 10.1 Å². The van der Waals surface area contributed by atoms with E-state index in [4.69, 9.17) is 16.3 Å². The Morgan fingerprint density at radius 2 is 1.90 bits per heavy atom. The van der Waals surface area contributed by atoms with Gasteiger partial charge in [-0.15, -0.1) is 0 Å². The van der Waals surface area contributed by atoms with Crippen LogP contribution in [-0.4, -0.2) is 39.0 Å². The number of aromatic nitrogens is 3. The van der Waals surface area contributed by atoms with Crippen LogP contribution in [0.5, 0.6) is 0 Å². The molecule has 0 saturated heterocycles. The molecular weight excluding hydrogens is 408 g/mol. The van der Waals surface area contributed by atoms with Gasteiger partial charge >= 0.3 is 5.97 Å². The van der Waals surface area contributed by atoms with Gasteiger partial charge in [0.1, 0.15) is 0 Å². The Bertz CT molecular complexity index is 1140. The van der Waals surface area contributed by atoms with Crippen molar-refractivity contribution in [1.29, 1.82) is 0 Å². The van der Waals surface area contributed by atoms with Crippen LogP contribution in [0.4, 0.5) is 5.69 Å². The fourth-order valence-corrected chi connectivity index (χ4v) is 2.95. The normalized spacial score (nSPS) is 10.5. The standard InChI is InChI=1S/C21H19ClN4O4/c1-12-9-13(2)26(25-12)18-8-7-17(22)20(24-18)21(29)30-11-19(28)23-16-6-4-5-15(10-16)14(3)27/h4-10H,11H2,1-3H3,(H,23,28). The quantitative estimate of drug-likeness (QED) is 0.477. The predicted molar refractivity (Wildman–Crippen MR) is 111 cm³/mol. The molecule has 0 fully saturated rings. The molecule has 30 heavy (non-hydrogen) atoms. The number of nitrogens with one attached hydrogen (secondary N) is 1. The van der Waals surface area contributed by atoms with Crippen LogP contribution in [-0.2, 0) is 9.53 Å². The largest absolute Gasteiger partial charge is 0.451 e. The van der Waals surface area contributed by atoms with Crippen LogP contribution in [0, 0.1) is 13.8 Å². The van der Waals surface area contributed by atoms with Crippen molar-refractivity contribution >= 4 is 34.9 Å². The number of ether oxygens (including phenoxy) is 1. The molecule has 3 aromatic rings. The highest BCUT2D eigenvalue weighted by Gasteiger charge is 2.18. The molecular formula is C21H19ClN4O4. The lowest BCUT2D eigenvalue weighted by atomic mass is 10.1. The van der Waals surface area contributed by atoms with Crippen LogP contribution >= 0.6 is 11.6 Å². The summed E-state index contributed by atoms with van der Waals surface area (Å²) in [7, 11) is 0. The molecule has 0 spiro atoms. The smallest absolute Gasteiger partial charge is 0.359 e. The fraction of sp³-hybridized carbons (Fsp3) is 0.190. The molecule has 2 aromatic heterocycles. The molecule has 1 amide bonds. The molecule has 8 nitrogen and oxygen atoms in total. The van der Waals surface area contributed by atoms with Crippen molar-refractivity contribution in [3.63, 3.8) is 0 Å². The van der Waals surface area contributed by atoms with Crippen LogP contribution in [0.3, 0.4) is 0 Å². The van der Waals surface area contributed by atoms with Crippen molar-refractivity contribution in [1.82, 2.24) is 14.8 Å². The summed E-state index contributed by atoms with van der Waals surface area (Å²) in [5.74, 6) is -1.12. The first-order valence-corrected chi connectivity index (χ1v) is 9.40. The average molecular weight is 427 g/mol. The van der Waals surface area contributed by atoms with Gasteiger partial charge in [0, 0.05) is 16.9 Å². The second-order valence-corrected chi connectivity index (χ2v) is 7.01. The minimum atomic E-state index is -0.837. The summed E-state index contributed by atoms with van der Waals surface area (Å²) in [6, 6.07) is 11.5. The minimum Gasteiger partial charge on any atom is -0.451 e. The van der Waals surface area contributed by atoms with Crippen LogP contribution in [0.1, 0.15) is 39.2 Å². The molecule has 0 aliphatic carbocycles. The summed E-state index contributed by atoms with van der Waals surface area (Å²) in [5.41, 5.74) is 2.41. The lowest BCUT2D eigenvalue weighted by molar-refractivity contribution is -0.119. The number of hydrogen-bond acceptors (Lipinski definition) is 6. The number of rotatable bonds is 6. The van der Waals surface area contributed by atoms with E-state index in [1.165, 1.54) is 13.0 Å². The van der Waals surface area contributed by atoms with E-state index in [0.29, 0.717) is 17.1 Å². The molecule has 0 atom stereocenters. The minimum absolute atomic E-state index is 0.0971. The van der Waals surface area contributed by atoms with E-state index < -0.39 is 18.5 Å². The Kier molecular flexibility index (Phi) is 6.27. The molecule has 0 bridgehead atoms. The van der Waals surface area contributed by atoms with Gasteiger partial charge in [0.2, 0.25) is 0 Å². The van der Waals surface area contributed by atoms with Gasteiger partial charge in [-0.3, -0.25) is 9.59 Å². The topological polar surface area (TPSA) is 103 Å². The Morgan fingerprint density at radius 3 is 2.57 bits per heavy atom. The van der Waals surface area contributed by atoms with Crippen LogP contribution in [0.15, 0.2) is 42.5 Å². The maximum absolute atomic E-state index is 12.4. The van der Waals surface area contributed by atoms with E-state index in [-0.39, 0.29) is 16.5 Å². The highest BCUT2D eigenvalue weighted by molar-refractivity contribution is 6.33. The summed E-state index contributed by atoms with van der Waals surface area (Å²) in [4.78, 5) is 40.2. The van der Waals surface area contributed by atoms with Crippen LogP contribution in [0.25, 0.3) is 5.82 Å². The molecule has 1 N–H and O–H groups in total. The molecule has 154 valence electrons. The summed E-state index contributed by atoms with van der Waals surface area (Å²) < 4.78 is 6.63. The number of benzene rings is 1. The van der Waals surface area contributed by atoms with Crippen LogP contribution < -0.4 is 5.32 Å². The SMILES string of the molecule is CC(=O)c1cccc(NC(=O)COC(=O)c2nc(-n3nc(C)cc3C)ccc2Cl)c1. The molecule has 1 aromatic carbocycles. The Morgan fingerprint density at radius 1 is 1.13 bits per heavy atom. The predicted octanol–water partition coefficient (Wildman–Crippen LogP) is 3.54. The Labute approximate surface area is 177 Å². The number of hydrogen-bond donors (Lipinski definition) is 1. The summed E-state index contributed by atoms with van der Waals surface area (Å²) in [6.07, 6.45) is 0. The van der Waals surface area contributed by atoms with Crippen molar-refractivity contribution in [2.75, 3.05) is 11.9 Å². The molecule has 0 saturated carbocycles. The zero-order chi connectivity index (χ0) is 21.8. The van der Waals surface area contributed by atoms with Gasteiger partial charge in [-0.1, -0.05) is 23.7 Å². The highest BCUT2D eigenvalue weighted by Crippen LogP contribution is 2.19. The summed E-state index contributed by atoms with van der Waals surface area (Å²) >= 11 is 6.09. The van der Waals surface area contributed by atoms with Gasteiger partial charge in [-0.25, -0.2) is 14.5 Å². The fourth-order valence-electron chi connectivity index (χ4n) is 2.77. The lowest BCUT2D eigenvalue weighted by Gasteiger charge is -2.09. The van der Waals surface area contributed by atoms with E-state index in [1.807, 2.05) is 19.9 Å². The Hall–Kier alpha value is -3.52. The number of carbonyl (C=O) groups is 3. The second kappa shape index (κ2) is 8.87.